The summed E-state index contributed by atoms with van der Waals surface area (Å²) in [7, 11) is 1.63. The molecule has 0 aliphatic carbocycles. The highest BCUT2D eigenvalue weighted by atomic mass is 35.5. The van der Waals surface area contributed by atoms with Crippen molar-refractivity contribution in [2.75, 3.05) is 7.11 Å². The number of carboxylic acid groups (broad SMARTS) is 4. The molecule has 21 heteroatoms. The van der Waals surface area contributed by atoms with E-state index in [2.05, 4.69) is 15.3 Å². The summed E-state index contributed by atoms with van der Waals surface area (Å²) in [6, 6.07) is 16.4. The number of aliphatic carboxylic acids is 4. The number of benzene rings is 3. The van der Waals surface area contributed by atoms with E-state index in [4.69, 9.17) is 54.0 Å². The average molecular weight is 882 g/mol. The minimum atomic E-state index is -1.26. The van der Waals surface area contributed by atoms with Crippen LogP contribution in [0.15, 0.2) is 78.9 Å². The predicted octanol–water partition coefficient (Wildman–Crippen LogP) is 4.26. The number of hydrogen-bond donors (Lipinski definition) is 9. The number of fused-ring (bicyclic) bond motifs is 3. The molecule has 3 aromatic carbocycles. The molecule has 3 unspecified atom stereocenters. The van der Waals surface area contributed by atoms with E-state index in [9.17, 15) is 29.4 Å². The van der Waals surface area contributed by atoms with Gasteiger partial charge in [0.05, 0.1) is 54.7 Å². The number of ether oxygens (including phenoxy) is 1. The van der Waals surface area contributed by atoms with Crippen LogP contribution in [-0.2, 0) is 38.8 Å². The van der Waals surface area contributed by atoms with E-state index in [0.29, 0.717) is 49.1 Å². The molecule has 0 saturated heterocycles. The van der Waals surface area contributed by atoms with Gasteiger partial charge >= 0.3 is 23.9 Å². The number of methoxy groups -OCH3 is 1. The lowest BCUT2D eigenvalue weighted by molar-refractivity contribution is -0.134. The SMILES string of the molecule is COc1ccc2c(Cl)nn(CC(C)N)c2c1.Cc1nn(CC(C)N)c2cc(O)ccc12.Cc1nn(CC(C)N)c2cc(O)ccc12.O=C(O)C=CC(=O)O.O=C(O)C=CC(=O)O. The highest BCUT2D eigenvalue weighted by Crippen LogP contribution is 2.27. The van der Waals surface area contributed by atoms with Crippen molar-refractivity contribution in [2.45, 2.75) is 72.4 Å². The van der Waals surface area contributed by atoms with Crippen LogP contribution in [0.1, 0.15) is 32.2 Å². The lowest BCUT2D eigenvalue weighted by atomic mass is 10.2. The zero-order valence-electron chi connectivity index (χ0n) is 34.9. The Labute approximate surface area is 360 Å². The number of phenolic OH excluding ortho intramolecular Hbond substituents is 2. The molecular weight excluding hydrogens is 830 g/mol. The van der Waals surface area contributed by atoms with E-state index in [1.807, 2.05) is 79.0 Å². The summed E-state index contributed by atoms with van der Waals surface area (Å²) in [4.78, 5) is 38.2. The minimum Gasteiger partial charge on any atom is -0.508 e. The van der Waals surface area contributed by atoms with Crippen molar-refractivity contribution in [3.8, 4) is 17.2 Å². The number of nitrogens with zero attached hydrogens (tertiary/aromatic N) is 6. The Bertz CT molecular complexity index is 2360. The molecule has 20 nitrogen and oxygen atoms in total. The third kappa shape index (κ3) is 16.9. The highest BCUT2D eigenvalue weighted by molar-refractivity contribution is 6.34. The Morgan fingerprint density at radius 2 is 0.919 bits per heavy atom. The summed E-state index contributed by atoms with van der Waals surface area (Å²) in [5, 5.41) is 66.7. The van der Waals surface area contributed by atoms with E-state index in [1.54, 1.807) is 31.4 Å². The van der Waals surface area contributed by atoms with Gasteiger partial charge in [0.1, 0.15) is 17.2 Å². The zero-order chi connectivity index (χ0) is 46.8. The maximum atomic E-state index is 9.55. The fourth-order valence-electron chi connectivity index (χ4n) is 5.42. The molecule has 6 aromatic rings. The molecule has 3 heterocycles. The van der Waals surface area contributed by atoms with Gasteiger partial charge in [0.25, 0.3) is 0 Å². The largest absolute Gasteiger partial charge is 0.508 e. The van der Waals surface area contributed by atoms with Gasteiger partial charge in [-0.25, -0.2) is 19.2 Å². The van der Waals surface area contributed by atoms with E-state index in [0.717, 1.165) is 49.8 Å². The number of carbonyl (C=O) groups is 4. The quantitative estimate of drug-likeness (QED) is 0.0821. The number of phenols is 2. The molecule has 3 aromatic heterocycles. The van der Waals surface area contributed by atoms with Crippen molar-refractivity contribution in [2.24, 2.45) is 17.2 Å². The van der Waals surface area contributed by atoms with Crippen LogP contribution in [-0.4, -0.2) is 109 Å². The molecule has 0 bridgehead atoms. The van der Waals surface area contributed by atoms with Crippen molar-refractivity contribution in [1.82, 2.24) is 29.3 Å². The van der Waals surface area contributed by atoms with Crippen LogP contribution in [0, 0.1) is 13.8 Å². The zero-order valence-corrected chi connectivity index (χ0v) is 35.6. The maximum Gasteiger partial charge on any atom is 0.328 e. The Balaban J connectivity index is 0.000000275. The normalized spacial score (nSPS) is 12.2. The summed E-state index contributed by atoms with van der Waals surface area (Å²) >= 11 is 6.04. The number of aryl methyl sites for hydroxylation is 2. The average Bonchev–Trinajstić information content (AvgIpc) is 3.77. The molecule has 0 fully saturated rings. The summed E-state index contributed by atoms with van der Waals surface area (Å²) < 4.78 is 10.7. The number of hydrogen-bond acceptors (Lipinski definition) is 13. The molecule has 0 aliphatic rings. The molecule has 6 rings (SSSR count). The summed E-state index contributed by atoms with van der Waals surface area (Å²) in [6.07, 6.45) is 2.23. The maximum absolute atomic E-state index is 9.55. The second-order valence-electron chi connectivity index (χ2n) is 13.7. The van der Waals surface area contributed by atoms with Gasteiger partial charge < -0.3 is 52.6 Å². The Hall–Kier alpha value is -7.00. The highest BCUT2D eigenvalue weighted by Gasteiger charge is 2.12. The lowest BCUT2D eigenvalue weighted by Gasteiger charge is -2.07. The van der Waals surface area contributed by atoms with Crippen molar-refractivity contribution in [3.63, 3.8) is 0 Å². The Morgan fingerprint density at radius 3 is 1.24 bits per heavy atom. The molecule has 0 radical (unpaired) electrons. The van der Waals surface area contributed by atoms with Gasteiger partial charge in [0.2, 0.25) is 0 Å². The fraction of sp³-hybridized carbons (Fsp3) is 0.293. The molecular formula is C41H52ClN9O11. The minimum absolute atomic E-state index is 0.0327. The van der Waals surface area contributed by atoms with Crippen molar-refractivity contribution >= 4 is 68.2 Å². The molecule has 0 amide bonds. The molecule has 334 valence electrons. The third-order valence-corrected chi connectivity index (χ3v) is 8.15. The smallest absolute Gasteiger partial charge is 0.328 e. The van der Waals surface area contributed by atoms with Crippen LogP contribution in [0.3, 0.4) is 0 Å². The first-order valence-corrected chi connectivity index (χ1v) is 19.0. The first kappa shape index (κ1) is 51.1. The van der Waals surface area contributed by atoms with Gasteiger partial charge in [-0.3, -0.25) is 14.0 Å². The number of aromatic nitrogens is 6. The predicted molar refractivity (Wildman–Crippen MR) is 233 cm³/mol. The van der Waals surface area contributed by atoms with E-state index >= 15 is 0 Å². The molecule has 0 spiro atoms. The number of rotatable bonds is 11. The van der Waals surface area contributed by atoms with Crippen LogP contribution < -0.4 is 21.9 Å². The van der Waals surface area contributed by atoms with E-state index in [1.165, 1.54) is 0 Å². The van der Waals surface area contributed by atoms with Gasteiger partial charge in [-0.1, -0.05) is 11.6 Å². The molecule has 12 N–H and O–H groups in total. The molecule has 62 heavy (non-hydrogen) atoms. The second-order valence-corrected chi connectivity index (χ2v) is 14.1. The molecule has 3 atom stereocenters. The van der Waals surface area contributed by atoms with Gasteiger partial charge in [-0.15, -0.1) is 0 Å². The summed E-state index contributed by atoms with van der Waals surface area (Å²) in [5.41, 5.74) is 22.0. The number of halogens is 1. The van der Waals surface area contributed by atoms with Crippen LogP contribution >= 0.6 is 11.6 Å². The van der Waals surface area contributed by atoms with Crippen LogP contribution in [0.4, 0.5) is 0 Å². The van der Waals surface area contributed by atoms with Crippen LogP contribution in [0.2, 0.25) is 5.15 Å². The second kappa shape index (κ2) is 24.3. The summed E-state index contributed by atoms with van der Waals surface area (Å²) in [6.45, 7) is 11.7. The molecule has 0 saturated carbocycles. The third-order valence-electron chi connectivity index (χ3n) is 7.87. The Kier molecular flexibility index (Phi) is 20.0. The lowest BCUT2D eigenvalue weighted by Crippen LogP contribution is -2.22. The number of aromatic hydroxyl groups is 2. The number of nitrogens with two attached hydrogens (primary N) is 3. The van der Waals surface area contributed by atoms with Crippen molar-refractivity contribution < 1.29 is 54.6 Å². The topological polar surface area (TPSA) is 330 Å². The van der Waals surface area contributed by atoms with Gasteiger partial charge in [-0.2, -0.15) is 15.3 Å². The van der Waals surface area contributed by atoms with Crippen molar-refractivity contribution in [3.05, 3.63) is 95.4 Å². The summed E-state index contributed by atoms with van der Waals surface area (Å²) in [5.74, 6) is -3.73. The number of carboxylic acids is 4. The standard InChI is InChI=1S/C11H14ClN3O.2C11H15N3O.2C4H4O4/c1-7(13)6-15-10-5-8(16-2)3-4-9(10)11(12)14-15;2*1-7(12)6-14-11-5-9(15)3-4-10(11)8(2)13-14;2*5-3(6)1-2-4(7)8/h3-5,7H,6,13H2,1-2H3;2*3-5,7,15H,6,12H2,1-2H3;2*1-2H,(H,5,6)(H,7,8). The van der Waals surface area contributed by atoms with E-state index in [-0.39, 0.29) is 29.6 Å². The van der Waals surface area contributed by atoms with E-state index < -0.39 is 23.9 Å². The fourth-order valence-corrected chi connectivity index (χ4v) is 5.67. The van der Waals surface area contributed by atoms with Gasteiger partial charge in [-0.05, 0) is 71.0 Å². The van der Waals surface area contributed by atoms with Crippen molar-refractivity contribution in [1.29, 1.82) is 0 Å². The monoisotopic (exact) mass is 881 g/mol. The first-order chi connectivity index (χ1) is 29.0. The van der Waals surface area contributed by atoms with Crippen LogP contribution in [0.5, 0.6) is 17.2 Å². The molecule has 0 aliphatic heterocycles. The van der Waals surface area contributed by atoms with Gasteiger partial charge in [0, 0.05) is 76.8 Å². The van der Waals surface area contributed by atoms with Gasteiger partial charge in [0.15, 0.2) is 5.15 Å². The van der Waals surface area contributed by atoms with Crippen LogP contribution in [0.25, 0.3) is 32.7 Å². The Morgan fingerprint density at radius 1 is 0.597 bits per heavy atom. The first-order valence-electron chi connectivity index (χ1n) is 18.6.